The zero-order chi connectivity index (χ0) is 44.3. The minimum atomic E-state index is 1.15. The van der Waals surface area contributed by atoms with Crippen molar-refractivity contribution in [2.24, 2.45) is 0 Å². The molecule has 0 atom stereocenters. The van der Waals surface area contributed by atoms with Crippen molar-refractivity contribution in [3.63, 3.8) is 0 Å². The molecule has 0 bridgehead atoms. The highest BCUT2D eigenvalue weighted by atomic mass is 14.2. The molecular weight excluding hydrogens is 793 g/mol. The van der Waals surface area contributed by atoms with Crippen LogP contribution < -0.4 is 0 Å². The van der Waals surface area contributed by atoms with E-state index in [1.165, 1.54) is 72.0 Å². The summed E-state index contributed by atoms with van der Waals surface area (Å²) in [7, 11) is 0. The molecule has 0 amide bonds. The van der Waals surface area contributed by atoms with E-state index in [0.29, 0.717) is 0 Å². The predicted molar refractivity (Wildman–Crippen MR) is 285 cm³/mol. The Morgan fingerprint density at radius 1 is 0.227 bits per heavy atom. The maximum Gasteiger partial charge on any atom is -0.0105 e. The smallest absolute Gasteiger partial charge is 0.0105 e. The van der Waals surface area contributed by atoms with Gasteiger partial charge in [-0.25, -0.2) is 0 Å². The Bertz CT molecular complexity index is 3330. The van der Waals surface area contributed by atoms with E-state index >= 15 is 0 Å². The molecule has 0 saturated carbocycles. The average Bonchev–Trinajstić information content (AvgIpc) is 3.40. The summed E-state index contributed by atoms with van der Waals surface area (Å²) in [5, 5.41) is 2.42. The van der Waals surface area contributed by atoms with Gasteiger partial charge in [-0.15, -0.1) is 0 Å². The number of benzene rings is 10. The summed E-state index contributed by atoms with van der Waals surface area (Å²) in [6.45, 7) is 0. The fraction of sp³-hybridized carbons (Fsp3) is 0. The van der Waals surface area contributed by atoms with Crippen molar-refractivity contribution in [2.45, 2.75) is 0 Å². The summed E-state index contributed by atoms with van der Waals surface area (Å²) in [6.07, 6.45) is 13.8. The van der Waals surface area contributed by atoms with Gasteiger partial charge in [0.1, 0.15) is 0 Å². The summed E-state index contributed by atoms with van der Waals surface area (Å²) in [5.41, 5.74) is 18.8. The number of fused-ring (bicyclic) bond motifs is 1. The summed E-state index contributed by atoms with van der Waals surface area (Å²) in [4.78, 5) is 0. The van der Waals surface area contributed by atoms with E-state index in [1.807, 2.05) is 0 Å². The molecule has 0 spiro atoms. The Kier molecular flexibility index (Phi) is 12.5. The lowest BCUT2D eigenvalue weighted by molar-refractivity contribution is 1.53. The second-order valence-electron chi connectivity index (χ2n) is 16.4. The van der Waals surface area contributed by atoms with Gasteiger partial charge in [-0.3, -0.25) is 0 Å². The zero-order valence-corrected chi connectivity index (χ0v) is 36.7. The molecule has 0 heterocycles. The predicted octanol–water partition coefficient (Wildman–Crippen LogP) is 17.7. The Hall–Kier alpha value is -8.58. The maximum atomic E-state index is 2.34. The molecule has 0 N–H and O–H groups in total. The normalized spacial score (nSPS) is 12.0. The van der Waals surface area contributed by atoms with Crippen LogP contribution in [0.3, 0.4) is 0 Å². The molecule has 0 aliphatic carbocycles. The highest BCUT2D eigenvalue weighted by Crippen LogP contribution is 2.33. The molecular formula is C66H48. The van der Waals surface area contributed by atoms with Gasteiger partial charge >= 0.3 is 0 Å². The molecule has 0 radical (unpaired) electrons. The lowest BCUT2D eigenvalue weighted by Crippen LogP contribution is -1.91. The number of hydrogen-bond donors (Lipinski definition) is 0. The number of hydrogen-bond acceptors (Lipinski definition) is 0. The second kappa shape index (κ2) is 19.9. The fourth-order valence-electron chi connectivity index (χ4n) is 8.74. The Morgan fingerprint density at radius 3 is 1.06 bits per heavy atom. The van der Waals surface area contributed by atoms with Crippen LogP contribution in [-0.4, -0.2) is 0 Å². The minimum Gasteiger partial charge on any atom is -0.0622 e. The topological polar surface area (TPSA) is 0 Å². The van der Waals surface area contributed by atoms with Crippen LogP contribution in [-0.2, 0) is 0 Å². The first-order valence-corrected chi connectivity index (χ1v) is 22.7. The standard InChI is InChI=1S/C66H48/c1-5-19-49(20-6-1)53-34-39-59(40-35-53)65(55-25-9-3-10-26-55)47-61-30-15-13-23-51(61)33-38-58-44-43-57-29-17-18-32-63(57)64(58)46-45-52-24-14-16-31-62(52)48-66(56-27-11-4-12-28-56)60-41-36-54(37-42-60)50-21-7-2-8-22-50/h1-48H. The van der Waals surface area contributed by atoms with Crippen molar-refractivity contribution >= 4 is 58.4 Å². The first-order valence-electron chi connectivity index (χ1n) is 22.7. The van der Waals surface area contributed by atoms with Gasteiger partial charge in [-0.05, 0) is 112 Å². The van der Waals surface area contributed by atoms with Gasteiger partial charge in [0.25, 0.3) is 0 Å². The quantitative estimate of drug-likeness (QED) is 0.108. The van der Waals surface area contributed by atoms with Crippen LogP contribution in [0.2, 0.25) is 0 Å². The van der Waals surface area contributed by atoms with Crippen molar-refractivity contribution in [2.75, 3.05) is 0 Å². The van der Waals surface area contributed by atoms with Crippen LogP contribution in [0.1, 0.15) is 55.6 Å². The largest absolute Gasteiger partial charge is 0.0622 e. The summed E-state index contributed by atoms with van der Waals surface area (Å²) in [5.74, 6) is 0. The van der Waals surface area contributed by atoms with Crippen molar-refractivity contribution in [3.05, 3.63) is 310 Å². The molecule has 0 unspecified atom stereocenters. The van der Waals surface area contributed by atoms with E-state index in [0.717, 1.165) is 27.8 Å². The minimum absolute atomic E-state index is 1.15. The molecule has 0 fully saturated rings. The van der Waals surface area contributed by atoms with Crippen LogP contribution in [0.4, 0.5) is 0 Å². The van der Waals surface area contributed by atoms with Crippen LogP contribution >= 0.6 is 0 Å². The van der Waals surface area contributed by atoms with Gasteiger partial charge < -0.3 is 0 Å². The van der Waals surface area contributed by atoms with Gasteiger partial charge in [-0.2, -0.15) is 0 Å². The van der Waals surface area contributed by atoms with E-state index in [-0.39, 0.29) is 0 Å². The maximum absolute atomic E-state index is 2.34. The van der Waals surface area contributed by atoms with Crippen LogP contribution in [0.15, 0.2) is 255 Å². The second-order valence-corrected chi connectivity index (χ2v) is 16.4. The highest BCUT2D eigenvalue weighted by Gasteiger charge is 2.11. The van der Waals surface area contributed by atoms with Gasteiger partial charge in [-0.1, -0.05) is 279 Å². The summed E-state index contributed by atoms with van der Waals surface area (Å²) in [6, 6.07) is 91.0. The van der Waals surface area contributed by atoms with E-state index in [2.05, 4.69) is 291 Å². The van der Waals surface area contributed by atoms with E-state index in [1.54, 1.807) is 0 Å². The zero-order valence-electron chi connectivity index (χ0n) is 36.7. The van der Waals surface area contributed by atoms with Crippen molar-refractivity contribution in [3.8, 4) is 22.3 Å². The van der Waals surface area contributed by atoms with E-state index in [4.69, 9.17) is 0 Å². The highest BCUT2D eigenvalue weighted by molar-refractivity contribution is 6.00. The molecule has 10 aromatic carbocycles. The van der Waals surface area contributed by atoms with Crippen LogP contribution in [0.25, 0.3) is 80.6 Å². The Morgan fingerprint density at radius 2 is 0.576 bits per heavy atom. The third-order valence-electron chi connectivity index (χ3n) is 12.2. The summed E-state index contributed by atoms with van der Waals surface area (Å²) < 4.78 is 0. The molecule has 0 heteroatoms. The van der Waals surface area contributed by atoms with Gasteiger partial charge in [0.15, 0.2) is 0 Å². The molecule has 10 aromatic rings. The Labute approximate surface area is 389 Å². The monoisotopic (exact) mass is 840 g/mol. The summed E-state index contributed by atoms with van der Waals surface area (Å²) >= 11 is 0. The third kappa shape index (κ3) is 9.50. The van der Waals surface area contributed by atoms with Crippen molar-refractivity contribution in [1.82, 2.24) is 0 Å². The molecule has 0 aliphatic rings. The molecule has 0 aliphatic heterocycles. The van der Waals surface area contributed by atoms with Crippen LogP contribution in [0, 0.1) is 0 Å². The Balaban J connectivity index is 1.01. The lowest BCUT2D eigenvalue weighted by Gasteiger charge is -2.12. The number of rotatable bonds is 12. The van der Waals surface area contributed by atoms with Crippen molar-refractivity contribution in [1.29, 1.82) is 0 Å². The fourth-order valence-corrected chi connectivity index (χ4v) is 8.74. The van der Waals surface area contributed by atoms with E-state index in [9.17, 15) is 0 Å². The SMILES string of the molecule is C(=Cc1ccc2ccccc2c1C=Cc1ccccc1C=C(c1ccccc1)c1ccc(-c2ccccc2)cc1)c1ccccc1C=C(c1ccccc1)c1ccc(-c2ccccc2)cc1. The first kappa shape index (κ1) is 41.4. The molecule has 0 nitrogen and oxygen atoms in total. The van der Waals surface area contributed by atoms with Gasteiger partial charge in [0, 0.05) is 0 Å². The van der Waals surface area contributed by atoms with E-state index < -0.39 is 0 Å². The third-order valence-corrected chi connectivity index (χ3v) is 12.2. The molecule has 0 aromatic heterocycles. The van der Waals surface area contributed by atoms with Gasteiger partial charge in [0.2, 0.25) is 0 Å². The first-order chi connectivity index (χ1) is 32.7. The van der Waals surface area contributed by atoms with Crippen LogP contribution in [0.5, 0.6) is 0 Å². The molecule has 66 heavy (non-hydrogen) atoms. The average molecular weight is 841 g/mol. The van der Waals surface area contributed by atoms with Gasteiger partial charge in [0.05, 0.1) is 0 Å². The molecule has 0 saturated heterocycles. The molecule has 10 rings (SSSR count). The van der Waals surface area contributed by atoms with Crippen molar-refractivity contribution < 1.29 is 0 Å². The molecule has 312 valence electrons. The lowest BCUT2D eigenvalue weighted by atomic mass is 9.92.